The van der Waals surface area contributed by atoms with Crippen molar-refractivity contribution in [2.24, 2.45) is 0 Å². The molecule has 0 saturated carbocycles. The highest BCUT2D eigenvalue weighted by Gasteiger charge is 2.28. The fourth-order valence-electron chi connectivity index (χ4n) is 2.87. The molecule has 2 aromatic rings. The molecule has 1 aliphatic heterocycles. The Labute approximate surface area is 183 Å². The topological polar surface area (TPSA) is 96.5 Å². The third-order valence-electron chi connectivity index (χ3n) is 4.00. The van der Waals surface area contributed by atoms with Crippen LogP contribution in [0.25, 0.3) is 0 Å². The largest absolute Gasteiger partial charge is 0.444 e. The van der Waals surface area contributed by atoms with Gasteiger partial charge in [-0.25, -0.2) is 9.78 Å². The van der Waals surface area contributed by atoms with Crippen molar-refractivity contribution in [3.05, 3.63) is 33.5 Å². The smallest absolute Gasteiger partial charge is 0.407 e. The first-order valence-corrected chi connectivity index (χ1v) is 10.5. The van der Waals surface area contributed by atoms with Crippen LogP contribution >= 0.6 is 27.3 Å². The van der Waals surface area contributed by atoms with Crippen LogP contribution in [-0.4, -0.2) is 46.7 Å². The highest BCUT2D eigenvalue weighted by Crippen LogP contribution is 2.29. The van der Waals surface area contributed by atoms with Crippen molar-refractivity contribution < 1.29 is 14.3 Å². The molecule has 3 rings (SSSR count). The Morgan fingerprint density at radius 1 is 1.38 bits per heavy atom. The lowest BCUT2D eigenvalue weighted by Gasteiger charge is -2.23. The fourth-order valence-corrected chi connectivity index (χ4v) is 3.86. The molecule has 1 saturated heterocycles. The van der Waals surface area contributed by atoms with E-state index in [-0.39, 0.29) is 19.4 Å². The lowest BCUT2D eigenvalue weighted by atomic mass is 10.2. The minimum atomic E-state index is -0.532. The van der Waals surface area contributed by atoms with E-state index >= 15 is 0 Å². The molecule has 1 aliphatic rings. The number of nitrogens with zero attached hydrogens (tertiary/aromatic N) is 3. The van der Waals surface area contributed by atoms with Gasteiger partial charge >= 0.3 is 6.09 Å². The van der Waals surface area contributed by atoms with Crippen molar-refractivity contribution in [1.82, 2.24) is 15.3 Å². The molecule has 0 radical (unpaired) electrons. The number of nitrogens with one attached hydrogen (secondary N) is 2. The zero-order valence-electron chi connectivity index (χ0n) is 15.9. The molecule has 0 aliphatic carbocycles. The average Bonchev–Trinajstić information content (AvgIpc) is 3.23. The molecular weight excluding hydrogens is 458 g/mol. The summed E-state index contributed by atoms with van der Waals surface area (Å²) < 4.78 is 5.98. The van der Waals surface area contributed by atoms with Crippen LogP contribution in [0.1, 0.15) is 45.1 Å². The van der Waals surface area contributed by atoms with Crippen LogP contribution in [-0.2, 0) is 4.74 Å². The number of aromatic nitrogens is 2. The van der Waals surface area contributed by atoms with E-state index in [4.69, 9.17) is 4.74 Å². The van der Waals surface area contributed by atoms with Crippen molar-refractivity contribution in [2.45, 2.75) is 46.3 Å². The molecule has 0 unspecified atom stereocenters. The summed E-state index contributed by atoms with van der Waals surface area (Å²) in [7, 11) is 0. The van der Waals surface area contributed by atoms with E-state index in [0.29, 0.717) is 21.8 Å². The minimum Gasteiger partial charge on any atom is -0.444 e. The van der Waals surface area contributed by atoms with E-state index in [1.807, 2.05) is 26.8 Å². The van der Waals surface area contributed by atoms with Crippen LogP contribution in [0.5, 0.6) is 0 Å². The zero-order chi connectivity index (χ0) is 20.3. The molecule has 2 N–H and O–H groups in total. The molecule has 29 heavy (non-hydrogen) atoms. The van der Waals surface area contributed by atoms with Crippen LogP contribution in [0.4, 0.5) is 16.2 Å². The predicted octanol–water partition coefficient (Wildman–Crippen LogP) is 4.29. The van der Waals surface area contributed by atoms with Gasteiger partial charge in [0, 0.05) is 24.7 Å². The Balaban J connectivity index is 0.00000300. The van der Waals surface area contributed by atoms with Gasteiger partial charge in [-0.2, -0.15) is 0 Å². The maximum Gasteiger partial charge on any atom is 0.407 e. The summed E-state index contributed by atoms with van der Waals surface area (Å²) in [6.07, 6.45) is 3.66. The van der Waals surface area contributed by atoms with Crippen molar-refractivity contribution in [2.75, 3.05) is 23.3 Å². The molecule has 2 aromatic heterocycles. The summed E-state index contributed by atoms with van der Waals surface area (Å²) in [5.41, 5.74) is 1.27. The van der Waals surface area contributed by atoms with E-state index in [9.17, 15) is 9.59 Å². The van der Waals surface area contributed by atoms with Gasteiger partial charge in [-0.05, 0) is 49.2 Å². The Hall–Kier alpha value is -2.20. The van der Waals surface area contributed by atoms with Gasteiger partial charge in [-0.15, -0.1) is 11.3 Å². The van der Waals surface area contributed by atoms with Crippen LogP contribution in [0.3, 0.4) is 0 Å². The van der Waals surface area contributed by atoms with Crippen LogP contribution in [0.15, 0.2) is 27.8 Å². The van der Waals surface area contributed by atoms with E-state index in [1.54, 1.807) is 17.8 Å². The second kappa shape index (κ2) is 9.53. The van der Waals surface area contributed by atoms with Gasteiger partial charge in [0.05, 0.1) is 23.6 Å². The minimum absolute atomic E-state index is 0. The Bertz CT molecular complexity index is 868. The summed E-state index contributed by atoms with van der Waals surface area (Å²) in [5.74, 6) is -0.293. The van der Waals surface area contributed by atoms with Crippen LogP contribution in [0.2, 0.25) is 0 Å². The molecule has 158 valence electrons. The van der Waals surface area contributed by atoms with E-state index in [1.165, 1.54) is 11.3 Å². The van der Waals surface area contributed by atoms with E-state index < -0.39 is 11.7 Å². The lowest BCUT2D eigenvalue weighted by Crippen LogP contribution is -2.40. The summed E-state index contributed by atoms with van der Waals surface area (Å²) in [5, 5.41) is 7.46. The predicted molar refractivity (Wildman–Crippen MR) is 119 cm³/mol. The molecule has 0 bridgehead atoms. The summed E-state index contributed by atoms with van der Waals surface area (Å²) >= 11 is 4.61. The molecule has 0 aromatic carbocycles. The number of alkyl carbamates (subject to hydrolysis) is 1. The first kappa shape index (κ1) is 23.1. The third-order valence-corrected chi connectivity index (χ3v) is 5.37. The van der Waals surface area contributed by atoms with Crippen molar-refractivity contribution in [3.63, 3.8) is 0 Å². The molecule has 10 heteroatoms. The molecular formula is C19H26BrN5O3S. The number of carbonyl (C=O) groups excluding carboxylic acids is 2. The van der Waals surface area contributed by atoms with Gasteiger partial charge in [0.15, 0.2) is 3.92 Å². The highest BCUT2D eigenvalue weighted by molar-refractivity contribution is 9.11. The molecule has 3 heterocycles. The van der Waals surface area contributed by atoms with Gasteiger partial charge in [0.25, 0.3) is 5.91 Å². The number of pyridine rings is 1. The zero-order valence-corrected chi connectivity index (χ0v) is 18.3. The number of anilines is 2. The Kier molecular flexibility index (Phi) is 7.59. The van der Waals surface area contributed by atoms with Crippen molar-refractivity contribution in [1.29, 1.82) is 0 Å². The Morgan fingerprint density at radius 3 is 2.79 bits per heavy atom. The first-order chi connectivity index (χ1) is 13.2. The fraction of sp³-hybridized carbons (Fsp3) is 0.474. The maximum absolute atomic E-state index is 12.4. The summed E-state index contributed by atoms with van der Waals surface area (Å²) in [6.45, 7) is 6.87. The first-order valence-electron chi connectivity index (χ1n) is 8.82. The van der Waals surface area contributed by atoms with Gasteiger partial charge < -0.3 is 20.3 Å². The van der Waals surface area contributed by atoms with Gasteiger partial charge in [0.2, 0.25) is 0 Å². The number of thiazole rings is 1. The third kappa shape index (κ3) is 6.40. The van der Waals surface area contributed by atoms with Crippen LogP contribution in [0, 0.1) is 0 Å². The second-order valence-corrected chi connectivity index (χ2v) is 9.54. The summed E-state index contributed by atoms with van der Waals surface area (Å²) in [4.78, 5) is 34.8. The standard InChI is InChI=1S/C18H22BrN5O3S.CH4/c1-18(2,3)27-17(26)21-11-5-7-24(9-11)14-4-6-20-8-12(14)22-15(25)13-10-28-16(19)23-13;/h4,6,8,10-11H,5,7,9H2,1-3H3,(H,21,26)(H,22,25);1H4/t11-;/m1./s1. The maximum atomic E-state index is 12.4. The number of hydrogen-bond acceptors (Lipinski definition) is 7. The van der Waals surface area contributed by atoms with E-state index in [0.717, 1.165) is 18.7 Å². The monoisotopic (exact) mass is 483 g/mol. The second-order valence-electron chi connectivity index (χ2n) is 7.41. The van der Waals surface area contributed by atoms with Crippen molar-refractivity contribution in [3.8, 4) is 0 Å². The van der Waals surface area contributed by atoms with Gasteiger partial charge in [-0.1, -0.05) is 7.43 Å². The molecule has 1 atom stereocenters. The number of ether oxygens (including phenoxy) is 1. The van der Waals surface area contributed by atoms with Crippen molar-refractivity contribution >= 4 is 50.6 Å². The van der Waals surface area contributed by atoms with Gasteiger partial charge in [-0.3, -0.25) is 9.78 Å². The van der Waals surface area contributed by atoms with Crippen LogP contribution < -0.4 is 15.5 Å². The summed E-state index contributed by atoms with van der Waals surface area (Å²) in [6, 6.07) is 1.82. The molecule has 2 amide bonds. The Morgan fingerprint density at radius 2 is 2.14 bits per heavy atom. The normalized spacial score (nSPS) is 16.1. The number of carbonyl (C=O) groups is 2. The van der Waals surface area contributed by atoms with E-state index in [2.05, 4.69) is 41.4 Å². The molecule has 1 fully saturated rings. The lowest BCUT2D eigenvalue weighted by molar-refractivity contribution is 0.0509. The highest BCUT2D eigenvalue weighted by atomic mass is 79.9. The quantitative estimate of drug-likeness (QED) is 0.672. The molecule has 8 nitrogen and oxygen atoms in total. The van der Waals surface area contributed by atoms with Gasteiger partial charge in [0.1, 0.15) is 11.3 Å². The average molecular weight is 484 g/mol. The molecule has 0 spiro atoms. The number of halogens is 1. The number of hydrogen-bond donors (Lipinski definition) is 2. The SMILES string of the molecule is C.CC(C)(C)OC(=O)N[C@@H]1CCN(c2ccncc2NC(=O)c2csc(Br)n2)C1. The number of rotatable bonds is 4. The number of amides is 2.